The Morgan fingerprint density at radius 2 is 1.70 bits per heavy atom. The first kappa shape index (κ1) is 22.6. The van der Waals surface area contributed by atoms with Crippen LogP contribution in [0.4, 0.5) is 18.9 Å². The number of hydrogen-bond donors (Lipinski definition) is 2. The third-order valence-corrected chi connectivity index (χ3v) is 7.93. The number of carbonyl (C=O) groups is 1. The molecule has 1 aliphatic carbocycles. The van der Waals surface area contributed by atoms with Crippen LogP contribution in [-0.4, -0.2) is 30.3 Å². The number of amides is 1. The first-order valence-corrected chi connectivity index (χ1v) is 11.0. The van der Waals surface area contributed by atoms with Gasteiger partial charge in [0.1, 0.15) is 0 Å². The van der Waals surface area contributed by atoms with Crippen molar-refractivity contribution in [3.8, 4) is 0 Å². The SMILES string of the molecule is C[C@]1(O)CC[C@@H](S(=O)(=O)c2cc(C(=O)Nc3cc(F)c(F)c(F)c3)ccc2Cl)CC1. The molecule has 0 saturated heterocycles. The van der Waals surface area contributed by atoms with Crippen LogP contribution in [0.15, 0.2) is 35.2 Å². The molecule has 0 bridgehead atoms. The molecule has 10 heteroatoms. The molecule has 2 N–H and O–H groups in total. The van der Waals surface area contributed by atoms with Crippen LogP contribution in [-0.2, 0) is 9.84 Å². The second-order valence-electron chi connectivity index (χ2n) is 7.59. The lowest BCUT2D eigenvalue weighted by atomic mass is 9.86. The van der Waals surface area contributed by atoms with Crippen LogP contribution in [0.2, 0.25) is 5.02 Å². The van der Waals surface area contributed by atoms with Crippen molar-refractivity contribution in [1.29, 1.82) is 0 Å². The lowest BCUT2D eigenvalue weighted by Crippen LogP contribution is -2.36. The zero-order valence-electron chi connectivity index (χ0n) is 15.9. The fraction of sp³-hybridized carbons (Fsp3) is 0.350. The third kappa shape index (κ3) is 4.63. The van der Waals surface area contributed by atoms with Gasteiger partial charge in [-0.05, 0) is 50.8 Å². The molecule has 5 nitrogen and oxygen atoms in total. The van der Waals surface area contributed by atoms with Gasteiger partial charge in [0.2, 0.25) is 0 Å². The molecule has 2 aromatic rings. The first-order chi connectivity index (χ1) is 13.9. The molecule has 3 rings (SSSR count). The Morgan fingerprint density at radius 1 is 1.13 bits per heavy atom. The molecule has 0 aliphatic heterocycles. The number of sulfone groups is 1. The van der Waals surface area contributed by atoms with E-state index in [0.717, 1.165) is 6.07 Å². The number of benzene rings is 2. The van der Waals surface area contributed by atoms with E-state index in [9.17, 15) is 31.5 Å². The maximum atomic E-state index is 13.3. The molecule has 0 atom stereocenters. The van der Waals surface area contributed by atoms with Gasteiger partial charge in [-0.3, -0.25) is 4.79 Å². The molecule has 1 fully saturated rings. The van der Waals surface area contributed by atoms with Gasteiger partial charge in [-0.25, -0.2) is 21.6 Å². The van der Waals surface area contributed by atoms with E-state index in [1.54, 1.807) is 6.92 Å². The molecule has 2 aromatic carbocycles. The van der Waals surface area contributed by atoms with Crippen molar-refractivity contribution in [3.05, 3.63) is 58.4 Å². The lowest BCUT2D eigenvalue weighted by Gasteiger charge is -2.32. The van der Waals surface area contributed by atoms with E-state index < -0.39 is 44.0 Å². The molecule has 0 heterocycles. The quantitative estimate of drug-likeness (QED) is 0.658. The van der Waals surface area contributed by atoms with Crippen molar-refractivity contribution in [2.24, 2.45) is 0 Å². The maximum absolute atomic E-state index is 13.3. The Hall–Kier alpha value is -2.10. The Balaban J connectivity index is 1.87. The van der Waals surface area contributed by atoms with Crippen LogP contribution in [0.3, 0.4) is 0 Å². The van der Waals surface area contributed by atoms with Crippen molar-refractivity contribution in [3.63, 3.8) is 0 Å². The molecule has 1 aliphatic rings. The number of aliphatic hydroxyl groups is 1. The normalized spacial score (nSPS) is 22.0. The van der Waals surface area contributed by atoms with Gasteiger partial charge in [-0.2, -0.15) is 0 Å². The average Bonchev–Trinajstić information content (AvgIpc) is 2.65. The molecule has 0 spiro atoms. The number of hydrogen-bond acceptors (Lipinski definition) is 4. The zero-order valence-corrected chi connectivity index (χ0v) is 17.5. The number of carbonyl (C=O) groups excluding carboxylic acids is 1. The van der Waals surface area contributed by atoms with Gasteiger partial charge in [-0.1, -0.05) is 11.6 Å². The summed E-state index contributed by atoms with van der Waals surface area (Å²) in [4.78, 5) is 12.2. The van der Waals surface area contributed by atoms with Gasteiger partial charge in [0.25, 0.3) is 5.91 Å². The van der Waals surface area contributed by atoms with Crippen LogP contribution in [0, 0.1) is 17.5 Å². The number of rotatable bonds is 4. The van der Waals surface area contributed by atoms with Crippen LogP contribution in [0.5, 0.6) is 0 Å². The van der Waals surface area contributed by atoms with Gasteiger partial charge in [0.15, 0.2) is 27.3 Å². The fourth-order valence-electron chi connectivity index (χ4n) is 3.40. The monoisotopic (exact) mass is 461 g/mol. The van der Waals surface area contributed by atoms with E-state index in [1.807, 2.05) is 0 Å². The van der Waals surface area contributed by atoms with Gasteiger partial charge in [-0.15, -0.1) is 0 Å². The van der Waals surface area contributed by atoms with E-state index in [2.05, 4.69) is 5.32 Å². The van der Waals surface area contributed by atoms with Crippen LogP contribution < -0.4 is 5.32 Å². The molecular formula is C20H19ClF3NO4S. The van der Waals surface area contributed by atoms with E-state index in [-0.39, 0.29) is 34.0 Å². The van der Waals surface area contributed by atoms with Gasteiger partial charge >= 0.3 is 0 Å². The van der Waals surface area contributed by atoms with Crippen molar-refractivity contribution < 1.29 is 31.5 Å². The second-order valence-corrected chi connectivity index (χ2v) is 10.2. The lowest BCUT2D eigenvalue weighted by molar-refractivity contribution is 0.0234. The van der Waals surface area contributed by atoms with Crippen molar-refractivity contribution >= 4 is 33.0 Å². The number of halogens is 4. The minimum Gasteiger partial charge on any atom is -0.390 e. The molecule has 30 heavy (non-hydrogen) atoms. The minimum atomic E-state index is -3.88. The van der Waals surface area contributed by atoms with Crippen molar-refractivity contribution in [2.45, 2.75) is 48.4 Å². The Bertz CT molecular complexity index is 1070. The Labute approximate surface area is 176 Å². The summed E-state index contributed by atoms with van der Waals surface area (Å²) < 4.78 is 65.8. The summed E-state index contributed by atoms with van der Waals surface area (Å²) in [5, 5.41) is 11.4. The molecule has 0 radical (unpaired) electrons. The predicted octanol–water partition coefficient (Wildman–Crippen LogP) is 4.48. The van der Waals surface area contributed by atoms with Gasteiger partial charge < -0.3 is 10.4 Å². The largest absolute Gasteiger partial charge is 0.390 e. The minimum absolute atomic E-state index is 0.0669. The van der Waals surface area contributed by atoms with E-state index in [0.29, 0.717) is 25.0 Å². The highest BCUT2D eigenvalue weighted by atomic mass is 35.5. The summed E-state index contributed by atoms with van der Waals surface area (Å²) in [5.41, 5.74) is -1.35. The molecule has 0 unspecified atom stereocenters. The highest BCUT2D eigenvalue weighted by Crippen LogP contribution is 2.36. The molecular weight excluding hydrogens is 443 g/mol. The van der Waals surface area contributed by atoms with Crippen molar-refractivity contribution in [1.82, 2.24) is 0 Å². The number of anilines is 1. The van der Waals surface area contributed by atoms with Crippen LogP contribution in [0.1, 0.15) is 43.0 Å². The molecule has 1 saturated carbocycles. The van der Waals surface area contributed by atoms with Crippen LogP contribution >= 0.6 is 11.6 Å². The molecule has 1 amide bonds. The van der Waals surface area contributed by atoms with Crippen LogP contribution in [0.25, 0.3) is 0 Å². The van der Waals surface area contributed by atoms with E-state index in [4.69, 9.17) is 11.6 Å². The van der Waals surface area contributed by atoms with E-state index >= 15 is 0 Å². The van der Waals surface area contributed by atoms with Crippen molar-refractivity contribution in [2.75, 3.05) is 5.32 Å². The fourth-order valence-corrected chi connectivity index (χ4v) is 5.68. The summed E-state index contributed by atoms with van der Waals surface area (Å²) in [6.07, 6.45) is 1.12. The van der Waals surface area contributed by atoms with Gasteiger partial charge in [0.05, 0.1) is 20.8 Å². The summed E-state index contributed by atoms with van der Waals surface area (Å²) in [7, 11) is -3.88. The maximum Gasteiger partial charge on any atom is 0.255 e. The third-order valence-electron chi connectivity index (χ3n) is 5.19. The predicted molar refractivity (Wildman–Crippen MR) is 106 cm³/mol. The average molecular weight is 462 g/mol. The Morgan fingerprint density at radius 3 is 2.27 bits per heavy atom. The zero-order chi connectivity index (χ0) is 22.3. The number of nitrogens with one attached hydrogen (secondary N) is 1. The van der Waals surface area contributed by atoms with Gasteiger partial charge in [0, 0.05) is 23.4 Å². The summed E-state index contributed by atoms with van der Waals surface area (Å²) in [5.74, 6) is -5.46. The smallest absolute Gasteiger partial charge is 0.255 e. The summed E-state index contributed by atoms with van der Waals surface area (Å²) >= 11 is 6.08. The topological polar surface area (TPSA) is 83.5 Å². The second kappa shape index (κ2) is 8.20. The molecule has 162 valence electrons. The highest BCUT2D eigenvalue weighted by molar-refractivity contribution is 7.92. The Kier molecular flexibility index (Phi) is 6.18. The highest BCUT2D eigenvalue weighted by Gasteiger charge is 2.37. The van der Waals surface area contributed by atoms with E-state index in [1.165, 1.54) is 12.1 Å². The summed E-state index contributed by atoms with van der Waals surface area (Å²) in [6.45, 7) is 1.65. The standard InChI is InChI=1S/C20H19ClF3NO4S/c1-20(27)6-4-13(5-7-20)30(28,29)17-8-11(2-3-14(17)21)19(26)25-12-9-15(22)18(24)16(23)10-12/h2-3,8-10,13,27H,4-7H2,1H3,(H,25,26)/t13-,20+. The first-order valence-electron chi connectivity index (χ1n) is 9.12. The summed E-state index contributed by atoms with van der Waals surface area (Å²) in [6, 6.07) is 4.82. The molecule has 0 aromatic heterocycles.